The molecule has 1 atom stereocenters. The third-order valence-corrected chi connectivity index (χ3v) is 7.62. The van der Waals surface area contributed by atoms with Crippen LogP contribution < -0.4 is 29.3 Å². The molecule has 11 nitrogen and oxygen atoms in total. The zero-order valence-corrected chi connectivity index (χ0v) is 24.1. The molecule has 0 saturated carbocycles. The minimum atomic E-state index is -0.775. The van der Waals surface area contributed by atoms with Crippen LogP contribution in [-0.2, 0) is 0 Å². The lowest BCUT2D eigenvalue weighted by Crippen LogP contribution is -2.22. The van der Waals surface area contributed by atoms with Gasteiger partial charge in [-0.25, -0.2) is 19.3 Å². The fraction of sp³-hybridized carbons (Fsp3) is 0.161. The number of rotatable bonds is 6. The lowest BCUT2D eigenvalue weighted by Gasteiger charge is -2.28. The summed E-state index contributed by atoms with van der Waals surface area (Å²) in [6.07, 6.45) is 1.51. The molecular formula is C31H23ClN4O7. The van der Waals surface area contributed by atoms with Gasteiger partial charge in [-0.2, -0.15) is 0 Å². The highest BCUT2D eigenvalue weighted by atomic mass is 35.5. The molecule has 4 heterocycles. The monoisotopic (exact) mass is 598 g/mol. The molecule has 7 rings (SSSR count). The SMILES string of the molecule is COc1ccc(Cl)cc1-c1nc2c3c(ncn2n1)Oc1c(c(=O)oc2ccccc12)C3c1cc(OC)c(OC)c(OC)c1. The minimum Gasteiger partial charge on any atom is -0.496 e. The lowest BCUT2D eigenvalue weighted by molar-refractivity contribution is 0.323. The summed E-state index contributed by atoms with van der Waals surface area (Å²) in [4.78, 5) is 23.2. The third-order valence-electron chi connectivity index (χ3n) is 7.38. The summed E-state index contributed by atoms with van der Waals surface area (Å²) in [6.45, 7) is 0. The van der Waals surface area contributed by atoms with Crippen LogP contribution >= 0.6 is 11.6 Å². The average Bonchev–Trinajstić information content (AvgIpc) is 3.47. The Morgan fingerprint density at radius 1 is 0.884 bits per heavy atom. The fourth-order valence-corrected chi connectivity index (χ4v) is 5.67. The van der Waals surface area contributed by atoms with Crippen LogP contribution in [0.15, 0.2) is 70.1 Å². The van der Waals surface area contributed by atoms with Crippen molar-refractivity contribution in [1.82, 2.24) is 19.6 Å². The summed E-state index contributed by atoms with van der Waals surface area (Å²) in [5.74, 6) is 1.91. The van der Waals surface area contributed by atoms with Crippen LogP contribution in [-0.4, -0.2) is 48.0 Å². The number of benzene rings is 3. The van der Waals surface area contributed by atoms with Crippen molar-refractivity contribution in [2.24, 2.45) is 0 Å². The van der Waals surface area contributed by atoms with Crippen LogP contribution in [0.5, 0.6) is 34.6 Å². The van der Waals surface area contributed by atoms with Crippen LogP contribution in [0.4, 0.5) is 0 Å². The van der Waals surface area contributed by atoms with Crippen molar-refractivity contribution >= 4 is 28.2 Å². The van der Waals surface area contributed by atoms with Crippen LogP contribution in [0.1, 0.15) is 22.6 Å². The molecule has 0 spiro atoms. The second-order valence-electron chi connectivity index (χ2n) is 9.63. The van der Waals surface area contributed by atoms with Crippen LogP contribution in [0.25, 0.3) is 28.0 Å². The number of halogens is 1. The van der Waals surface area contributed by atoms with E-state index < -0.39 is 11.5 Å². The molecule has 0 saturated heterocycles. The predicted octanol–water partition coefficient (Wildman–Crippen LogP) is 5.87. The second-order valence-corrected chi connectivity index (χ2v) is 10.1. The van der Waals surface area contributed by atoms with Gasteiger partial charge in [-0.3, -0.25) is 0 Å². The smallest absolute Gasteiger partial charge is 0.344 e. The molecule has 3 aromatic heterocycles. The third kappa shape index (κ3) is 4.11. The molecule has 6 aromatic rings. The highest BCUT2D eigenvalue weighted by molar-refractivity contribution is 6.30. The van der Waals surface area contributed by atoms with E-state index >= 15 is 0 Å². The maximum Gasteiger partial charge on any atom is 0.344 e. The van der Waals surface area contributed by atoms with Crippen molar-refractivity contribution in [3.8, 4) is 46.0 Å². The van der Waals surface area contributed by atoms with Crippen molar-refractivity contribution < 1.29 is 28.1 Å². The Kier molecular flexibility index (Phi) is 6.32. The standard InChI is InChI=1S/C31H23ClN4O7/c1-38-19-10-9-16(32)13-18(19)28-34-29-25-23(15-11-21(39-2)27(41-4)22(12-15)40-3)24-26(43-30(25)33-14-36(29)35-28)17-7-5-6-8-20(17)42-31(24)37/h5-14,23H,1-4H3. The topological polar surface area (TPSA) is 119 Å². The number of nitrogens with zero attached hydrogens (tertiary/aromatic N) is 4. The summed E-state index contributed by atoms with van der Waals surface area (Å²) in [5, 5.41) is 5.78. The normalized spacial score (nSPS) is 13.7. The Morgan fingerprint density at radius 3 is 2.35 bits per heavy atom. The van der Waals surface area contributed by atoms with Gasteiger partial charge in [-0.15, -0.1) is 5.10 Å². The van der Waals surface area contributed by atoms with Crippen molar-refractivity contribution in [2.75, 3.05) is 28.4 Å². The molecule has 0 aliphatic carbocycles. The maximum atomic E-state index is 13.8. The minimum absolute atomic E-state index is 0.256. The first-order valence-electron chi connectivity index (χ1n) is 13.1. The number of hydrogen-bond donors (Lipinski definition) is 0. The van der Waals surface area contributed by atoms with Gasteiger partial charge in [-0.1, -0.05) is 23.7 Å². The first kappa shape index (κ1) is 26.6. The number of hydrogen-bond acceptors (Lipinski definition) is 10. The van der Waals surface area contributed by atoms with E-state index in [4.69, 9.17) is 44.7 Å². The number of aromatic nitrogens is 4. The van der Waals surface area contributed by atoms with Crippen LogP contribution in [0.2, 0.25) is 5.02 Å². The van der Waals surface area contributed by atoms with E-state index in [2.05, 4.69) is 10.1 Å². The Morgan fingerprint density at radius 2 is 1.63 bits per heavy atom. The number of fused-ring (bicyclic) bond motifs is 6. The summed E-state index contributed by atoms with van der Waals surface area (Å²) >= 11 is 6.31. The quantitative estimate of drug-likeness (QED) is 0.215. The van der Waals surface area contributed by atoms with Gasteiger partial charge in [0.05, 0.1) is 56.4 Å². The summed E-state index contributed by atoms with van der Waals surface area (Å²) in [5.41, 5.74) is 2.18. The first-order valence-corrected chi connectivity index (χ1v) is 13.5. The number of ether oxygens (including phenoxy) is 5. The van der Waals surface area contributed by atoms with Crippen LogP contribution in [0.3, 0.4) is 0 Å². The Labute approximate surface area is 249 Å². The van der Waals surface area contributed by atoms with Crippen molar-refractivity contribution in [2.45, 2.75) is 5.92 Å². The fourth-order valence-electron chi connectivity index (χ4n) is 5.50. The lowest BCUT2D eigenvalue weighted by atomic mass is 9.83. The van der Waals surface area contributed by atoms with Crippen molar-refractivity contribution in [3.05, 3.63) is 93.1 Å². The van der Waals surface area contributed by atoms with Crippen molar-refractivity contribution in [1.29, 1.82) is 0 Å². The highest BCUT2D eigenvalue weighted by Crippen LogP contribution is 2.51. The molecule has 0 amide bonds. The van der Waals surface area contributed by atoms with E-state index in [1.165, 1.54) is 32.2 Å². The maximum absolute atomic E-state index is 13.8. The van der Waals surface area contributed by atoms with Crippen LogP contribution in [0, 0.1) is 0 Å². The molecular weight excluding hydrogens is 576 g/mol. The summed E-state index contributed by atoms with van der Waals surface area (Å²) < 4.78 is 36.1. The van der Waals surface area contributed by atoms with E-state index in [1.807, 2.05) is 12.1 Å². The molecule has 0 radical (unpaired) electrons. The first-order chi connectivity index (χ1) is 20.9. The van der Waals surface area contributed by atoms with Gasteiger partial charge in [-0.05, 0) is 48.0 Å². The molecule has 1 unspecified atom stereocenters. The van der Waals surface area contributed by atoms with E-state index in [1.54, 1.807) is 49.6 Å². The molecule has 1 aliphatic rings. The van der Waals surface area contributed by atoms with Crippen molar-refractivity contribution in [3.63, 3.8) is 0 Å². The average molecular weight is 599 g/mol. The number of methoxy groups -OCH3 is 4. The van der Waals surface area contributed by atoms with E-state index in [-0.39, 0.29) is 11.4 Å². The van der Waals surface area contributed by atoms with E-state index in [0.29, 0.717) is 72.9 Å². The molecule has 0 fully saturated rings. The Bertz CT molecular complexity index is 2100. The van der Waals surface area contributed by atoms with E-state index in [0.717, 1.165) is 0 Å². The highest BCUT2D eigenvalue weighted by Gasteiger charge is 2.38. The zero-order chi connectivity index (χ0) is 29.8. The van der Waals surface area contributed by atoms with Gasteiger partial charge in [0.15, 0.2) is 28.7 Å². The van der Waals surface area contributed by atoms with Gasteiger partial charge >= 0.3 is 5.63 Å². The molecule has 43 heavy (non-hydrogen) atoms. The summed E-state index contributed by atoms with van der Waals surface area (Å²) in [7, 11) is 6.13. The molecule has 0 bridgehead atoms. The Balaban J connectivity index is 1.56. The molecule has 0 N–H and O–H groups in total. The predicted molar refractivity (Wildman–Crippen MR) is 157 cm³/mol. The van der Waals surface area contributed by atoms with Gasteiger partial charge in [0, 0.05) is 5.02 Å². The molecule has 1 aliphatic heterocycles. The largest absolute Gasteiger partial charge is 0.496 e. The van der Waals surface area contributed by atoms with E-state index in [9.17, 15) is 4.79 Å². The van der Waals surface area contributed by atoms with Gasteiger partial charge < -0.3 is 28.1 Å². The Hall–Kier alpha value is -5.29. The molecule has 12 heteroatoms. The van der Waals surface area contributed by atoms with Gasteiger partial charge in [0.25, 0.3) is 0 Å². The van der Waals surface area contributed by atoms with Gasteiger partial charge in [0.2, 0.25) is 11.6 Å². The zero-order valence-electron chi connectivity index (χ0n) is 23.4. The second kappa shape index (κ2) is 10.2. The van der Waals surface area contributed by atoms with Gasteiger partial charge in [0.1, 0.15) is 17.7 Å². The molecule has 216 valence electrons. The molecule has 3 aromatic carbocycles. The number of para-hydroxylation sites is 1. The summed E-state index contributed by atoms with van der Waals surface area (Å²) in [6, 6.07) is 15.9.